The molecule has 0 aliphatic rings. The van der Waals surface area contributed by atoms with Gasteiger partial charge in [0.05, 0.1) is 11.3 Å². The van der Waals surface area contributed by atoms with E-state index in [1.54, 1.807) is 0 Å². The van der Waals surface area contributed by atoms with E-state index in [-0.39, 0.29) is 11.3 Å². The Morgan fingerprint density at radius 1 is 1.43 bits per heavy atom. The maximum Gasteiger partial charge on any atom is 0.206 e. The van der Waals surface area contributed by atoms with Gasteiger partial charge in [-0.15, -0.1) is 0 Å². The zero-order chi connectivity index (χ0) is 6.28. The summed E-state index contributed by atoms with van der Waals surface area (Å²) in [5.74, 6) is 5.40. The Balaban J connectivity index is 0. The Hall–Kier alpha value is -0.420. The van der Waals surface area contributed by atoms with Crippen molar-refractivity contribution < 1.29 is 12.6 Å². The summed E-state index contributed by atoms with van der Waals surface area (Å²) in [5, 5.41) is 0. The molecule has 0 unspecified atom stereocenters. The highest BCUT2D eigenvalue weighted by Crippen LogP contribution is 1.08. The van der Waals surface area contributed by atoms with Crippen molar-refractivity contribution in [2.75, 3.05) is 0 Å². The largest absolute Gasteiger partial charge is 0.213 e. The fourth-order valence-electron chi connectivity index (χ4n) is 0. The Bertz CT molecular complexity index is 138. The van der Waals surface area contributed by atoms with Crippen molar-refractivity contribution in [1.82, 2.24) is 0 Å². The lowest BCUT2D eigenvalue weighted by atomic mass is 12.0. The molecule has 0 aromatic carbocycles. The van der Waals surface area contributed by atoms with Gasteiger partial charge in [0.25, 0.3) is 0 Å². The van der Waals surface area contributed by atoms with Crippen molar-refractivity contribution in [1.29, 1.82) is 0 Å². The van der Waals surface area contributed by atoms with Crippen molar-refractivity contribution in [3.05, 3.63) is 0 Å². The van der Waals surface area contributed by atoms with Gasteiger partial charge in [-0.1, -0.05) is 0 Å². The topological polar surface area (TPSA) is 51.2 Å². The van der Waals surface area contributed by atoms with Crippen LogP contribution in [0.25, 0.3) is 0 Å². The van der Waals surface area contributed by atoms with Crippen LogP contribution in [0.2, 0.25) is 0 Å². The average Bonchev–Trinajstić information content (AvgIpc) is 1.33. The molecular formula is C2H4O3S2. The third-order valence-corrected chi connectivity index (χ3v) is 0. The summed E-state index contributed by atoms with van der Waals surface area (Å²) in [5.41, 5.74) is 0. The maximum absolute atomic E-state index is 8.89. The highest BCUT2D eigenvalue weighted by Gasteiger charge is 1.28. The first-order chi connectivity index (χ1) is 3.15. The van der Waals surface area contributed by atoms with Gasteiger partial charge in [-0.2, -0.15) is 8.42 Å². The molecule has 0 atom stereocenters. The smallest absolute Gasteiger partial charge is 0.206 e. The minimum atomic E-state index is -2.11. The first kappa shape index (κ1) is 9.77. The molecule has 0 spiro atoms. The summed E-state index contributed by atoms with van der Waals surface area (Å²) in [4.78, 5) is 0. The molecular weight excluding hydrogens is 136 g/mol. The summed E-state index contributed by atoms with van der Waals surface area (Å²) < 4.78 is 26.5. The van der Waals surface area contributed by atoms with Gasteiger partial charge in [0.15, 0.2) is 0 Å². The Morgan fingerprint density at radius 2 is 1.43 bits per heavy atom. The fraction of sp³-hybridized carbons (Fsp3) is 0. The van der Waals surface area contributed by atoms with Gasteiger partial charge in [0.2, 0.25) is 10.3 Å². The van der Waals surface area contributed by atoms with E-state index in [2.05, 4.69) is 11.7 Å². The zero-order valence-corrected chi connectivity index (χ0v) is 5.09. The van der Waals surface area contributed by atoms with Crippen LogP contribution in [0.15, 0.2) is 0 Å². The number of rotatable bonds is 0. The normalized spacial score (nSPS) is 5.14. The van der Waals surface area contributed by atoms with Crippen molar-refractivity contribution in [3.8, 4) is 0 Å². The van der Waals surface area contributed by atoms with Gasteiger partial charge >= 0.3 is 0 Å². The third-order valence-electron chi connectivity index (χ3n) is 0. The highest BCUT2D eigenvalue weighted by atomic mass is 32.2. The summed E-state index contributed by atoms with van der Waals surface area (Å²) >= 11 is 0.250. The molecule has 0 saturated heterocycles. The summed E-state index contributed by atoms with van der Waals surface area (Å²) in [6.45, 7) is 0. The maximum atomic E-state index is 8.89. The molecule has 0 aliphatic heterocycles. The Kier molecular flexibility index (Phi) is 12.7. The number of hydrogen-bond donors (Lipinski definition) is 0. The first-order valence-corrected chi connectivity index (χ1v) is 3.23. The minimum absolute atomic E-state index is 0.250. The molecule has 0 fully saturated rings. The van der Waals surface area contributed by atoms with E-state index in [9.17, 15) is 0 Å². The Labute approximate surface area is 46.6 Å². The van der Waals surface area contributed by atoms with Crippen LogP contribution >= 0.6 is 0 Å². The van der Waals surface area contributed by atoms with Crippen LogP contribution in [0.5, 0.6) is 0 Å². The molecule has 3 nitrogen and oxygen atoms in total. The first-order valence-electron chi connectivity index (χ1n) is 1.08. The standard InChI is InChI=1S/CH2O2S.CH2OS/c1-4(2)3;1-3-2/h1H2;1H2. The van der Waals surface area contributed by atoms with Crippen molar-refractivity contribution in [3.63, 3.8) is 0 Å². The van der Waals surface area contributed by atoms with Crippen LogP contribution in [0, 0.1) is 0 Å². The zero-order valence-electron chi connectivity index (χ0n) is 3.46. The molecule has 42 valence electrons. The molecule has 0 aromatic heterocycles. The molecule has 0 saturated carbocycles. The SMILES string of the molecule is C=S(=O)=O.C=S=O. The molecule has 0 bridgehead atoms. The van der Waals surface area contributed by atoms with Crippen LogP contribution < -0.4 is 0 Å². The predicted octanol–water partition coefficient (Wildman–Crippen LogP) is -1.07. The molecule has 0 rings (SSSR count). The second kappa shape index (κ2) is 9.13. The minimum Gasteiger partial charge on any atom is -0.213 e. The summed E-state index contributed by atoms with van der Waals surface area (Å²) in [6, 6.07) is 0. The van der Waals surface area contributed by atoms with Crippen LogP contribution in [0.4, 0.5) is 0 Å². The second-order valence-electron chi connectivity index (χ2n) is 0.422. The van der Waals surface area contributed by atoms with Crippen molar-refractivity contribution in [2.45, 2.75) is 0 Å². The van der Waals surface area contributed by atoms with Gasteiger partial charge in [-0.05, 0) is 5.87 Å². The summed E-state index contributed by atoms with van der Waals surface area (Å²) in [7, 11) is -2.11. The lowest BCUT2D eigenvalue weighted by Crippen LogP contribution is -1.39. The van der Waals surface area contributed by atoms with E-state index in [0.29, 0.717) is 0 Å². The van der Waals surface area contributed by atoms with Gasteiger partial charge in [0.1, 0.15) is 0 Å². The van der Waals surface area contributed by atoms with Crippen LogP contribution in [0.1, 0.15) is 0 Å². The van der Waals surface area contributed by atoms with Crippen LogP contribution in [0.3, 0.4) is 0 Å². The quantitative estimate of drug-likeness (QED) is 0.402. The van der Waals surface area contributed by atoms with E-state index < -0.39 is 10.3 Å². The van der Waals surface area contributed by atoms with Gasteiger partial charge < -0.3 is 0 Å². The molecule has 7 heavy (non-hydrogen) atoms. The molecule has 0 N–H and O–H groups in total. The van der Waals surface area contributed by atoms with E-state index in [1.807, 2.05) is 0 Å². The van der Waals surface area contributed by atoms with Crippen LogP contribution in [-0.4, -0.2) is 24.4 Å². The monoisotopic (exact) mass is 140 g/mol. The van der Waals surface area contributed by atoms with Crippen molar-refractivity contribution in [2.24, 2.45) is 0 Å². The van der Waals surface area contributed by atoms with Crippen LogP contribution in [-0.2, 0) is 21.5 Å². The molecule has 0 amide bonds. The molecule has 0 aromatic rings. The van der Waals surface area contributed by atoms with E-state index >= 15 is 0 Å². The van der Waals surface area contributed by atoms with Crippen molar-refractivity contribution >= 4 is 33.3 Å². The Morgan fingerprint density at radius 3 is 1.43 bits per heavy atom. The third kappa shape index (κ3) is 405. The van der Waals surface area contributed by atoms with Gasteiger partial charge in [0, 0.05) is 5.87 Å². The van der Waals surface area contributed by atoms with E-state index in [4.69, 9.17) is 12.6 Å². The number of hydrogen-bond acceptors (Lipinski definition) is 3. The van der Waals surface area contributed by atoms with Gasteiger partial charge in [-0.3, -0.25) is 0 Å². The molecule has 0 heterocycles. The molecule has 0 aliphatic carbocycles. The van der Waals surface area contributed by atoms with E-state index in [1.165, 1.54) is 0 Å². The second-order valence-corrected chi connectivity index (χ2v) is 1.26. The molecule has 5 heteroatoms. The fourth-order valence-corrected chi connectivity index (χ4v) is 0. The van der Waals surface area contributed by atoms with Gasteiger partial charge in [-0.25, -0.2) is 4.21 Å². The predicted molar refractivity (Wildman–Crippen MR) is 31.3 cm³/mol. The van der Waals surface area contributed by atoms with E-state index in [0.717, 1.165) is 0 Å². The lowest BCUT2D eigenvalue weighted by Gasteiger charge is -1.19. The average molecular weight is 140 g/mol. The molecule has 0 radical (unpaired) electrons. The lowest BCUT2D eigenvalue weighted by molar-refractivity contribution is 0.627. The summed E-state index contributed by atoms with van der Waals surface area (Å²) in [6.07, 6.45) is 0. The highest BCUT2D eigenvalue weighted by molar-refractivity contribution is 7.70.